The van der Waals surface area contributed by atoms with Crippen molar-refractivity contribution in [3.63, 3.8) is 0 Å². The Hall–Kier alpha value is -3.13. The van der Waals surface area contributed by atoms with Crippen LogP contribution in [0, 0.1) is 0 Å². The fraction of sp³-hybridized carbons (Fsp3) is 0.261. The predicted molar refractivity (Wildman–Crippen MR) is 113 cm³/mol. The number of nitrogens with zero attached hydrogens (tertiary/aromatic N) is 4. The Morgan fingerprint density at radius 1 is 1.00 bits per heavy atom. The number of fused-ring (bicyclic) bond motifs is 1. The summed E-state index contributed by atoms with van der Waals surface area (Å²) in [6.07, 6.45) is 5.23. The van der Waals surface area contributed by atoms with Crippen molar-refractivity contribution in [2.45, 2.75) is 31.4 Å². The quantitative estimate of drug-likeness (QED) is 0.390. The molecular weight excluding hydrogens is 378 g/mol. The van der Waals surface area contributed by atoms with Crippen molar-refractivity contribution < 1.29 is 9.78 Å². The molecular formula is C23H23N5O2. The lowest BCUT2D eigenvalue weighted by Gasteiger charge is -2.38. The topological polar surface area (TPSA) is 87.6 Å². The number of benzene rings is 2. The molecule has 0 spiro atoms. The summed E-state index contributed by atoms with van der Waals surface area (Å²) in [5.41, 5.74) is 11.4. The van der Waals surface area contributed by atoms with Gasteiger partial charge in [0, 0.05) is 22.9 Å². The van der Waals surface area contributed by atoms with Gasteiger partial charge in [-0.3, -0.25) is 0 Å². The average molecular weight is 401 g/mol. The fourth-order valence-electron chi connectivity index (χ4n) is 3.89. The highest BCUT2D eigenvalue weighted by atomic mass is 17.2. The molecule has 0 saturated heterocycles. The first-order valence-corrected chi connectivity index (χ1v) is 10.0. The molecule has 0 aliphatic heterocycles. The number of aromatic nitrogens is 4. The molecule has 0 atom stereocenters. The van der Waals surface area contributed by atoms with Gasteiger partial charge < -0.3 is 5.73 Å². The first-order valence-electron chi connectivity index (χ1n) is 10.0. The summed E-state index contributed by atoms with van der Waals surface area (Å²) < 4.78 is 1.68. The van der Waals surface area contributed by atoms with Crippen LogP contribution in [0.1, 0.15) is 30.7 Å². The second kappa shape index (κ2) is 7.60. The minimum Gasteiger partial charge on any atom is -0.321 e. The van der Waals surface area contributed by atoms with Crippen LogP contribution in [0.4, 0.5) is 0 Å². The maximum Gasteiger partial charge on any atom is 0.253 e. The van der Waals surface area contributed by atoms with Crippen molar-refractivity contribution in [2.75, 3.05) is 7.11 Å². The van der Waals surface area contributed by atoms with Gasteiger partial charge in [0.2, 0.25) is 0 Å². The lowest BCUT2D eigenvalue weighted by molar-refractivity contribution is -0.283. The Bertz CT molecular complexity index is 1170. The van der Waals surface area contributed by atoms with Crippen LogP contribution in [-0.2, 0) is 21.9 Å². The van der Waals surface area contributed by atoms with E-state index in [-0.39, 0.29) is 12.1 Å². The molecule has 4 aromatic rings. The highest BCUT2D eigenvalue weighted by Crippen LogP contribution is 2.39. The van der Waals surface area contributed by atoms with Gasteiger partial charge in [0.1, 0.15) is 6.61 Å². The molecule has 7 nitrogen and oxygen atoms in total. The van der Waals surface area contributed by atoms with Crippen LogP contribution in [0.25, 0.3) is 28.2 Å². The van der Waals surface area contributed by atoms with Gasteiger partial charge >= 0.3 is 0 Å². The molecule has 5 rings (SSSR count). The van der Waals surface area contributed by atoms with Gasteiger partial charge in [-0.2, -0.15) is 4.98 Å². The van der Waals surface area contributed by atoms with Crippen LogP contribution < -0.4 is 5.73 Å². The first kappa shape index (κ1) is 18.9. The van der Waals surface area contributed by atoms with Crippen LogP contribution in [0.5, 0.6) is 0 Å². The van der Waals surface area contributed by atoms with Crippen LogP contribution in [0.2, 0.25) is 0 Å². The molecule has 2 heterocycles. The van der Waals surface area contributed by atoms with Crippen LogP contribution >= 0.6 is 0 Å². The summed E-state index contributed by atoms with van der Waals surface area (Å²) in [4.78, 5) is 18.9. The summed E-state index contributed by atoms with van der Waals surface area (Å²) in [7, 11) is 1.46. The largest absolute Gasteiger partial charge is 0.321 e. The molecule has 2 aromatic heterocycles. The van der Waals surface area contributed by atoms with E-state index < -0.39 is 0 Å². The smallest absolute Gasteiger partial charge is 0.253 e. The SMILES string of the molecule is COOCc1nc2nc(-c3ccc(C4(N)CCC4)cc3)c(-c3ccccc3)cn2n1. The zero-order valence-corrected chi connectivity index (χ0v) is 16.8. The van der Waals surface area contributed by atoms with Crippen molar-refractivity contribution in [3.8, 4) is 22.4 Å². The van der Waals surface area contributed by atoms with E-state index in [0.29, 0.717) is 11.6 Å². The second-order valence-corrected chi connectivity index (χ2v) is 7.66. The minimum absolute atomic E-state index is 0.156. The molecule has 0 radical (unpaired) electrons. The summed E-state index contributed by atoms with van der Waals surface area (Å²) in [5.74, 6) is 1.02. The summed E-state index contributed by atoms with van der Waals surface area (Å²) in [6, 6.07) is 18.6. The highest BCUT2D eigenvalue weighted by molar-refractivity contribution is 5.81. The van der Waals surface area contributed by atoms with Crippen LogP contribution in [0.15, 0.2) is 60.8 Å². The number of nitrogens with two attached hydrogens (primary N) is 1. The molecule has 1 aliphatic carbocycles. The van der Waals surface area contributed by atoms with Crippen molar-refractivity contribution in [2.24, 2.45) is 5.73 Å². The Morgan fingerprint density at radius 2 is 1.77 bits per heavy atom. The van der Waals surface area contributed by atoms with Crippen molar-refractivity contribution >= 4 is 5.78 Å². The van der Waals surface area contributed by atoms with Crippen LogP contribution in [0.3, 0.4) is 0 Å². The fourth-order valence-corrected chi connectivity index (χ4v) is 3.89. The monoisotopic (exact) mass is 401 g/mol. The first-order chi connectivity index (χ1) is 14.7. The van der Waals surface area contributed by atoms with Crippen molar-refractivity contribution in [1.82, 2.24) is 19.6 Å². The number of rotatable bonds is 6. The molecule has 30 heavy (non-hydrogen) atoms. The summed E-state index contributed by atoms with van der Waals surface area (Å²) in [6.45, 7) is 0.156. The van der Waals surface area contributed by atoms with Gasteiger partial charge in [0.25, 0.3) is 5.78 Å². The summed E-state index contributed by atoms with van der Waals surface area (Å²) >= 11 is 0. The van der Waals surface area contributed by atoms with Gasteiger partial charge in [-0.15, -0.1) is 5.10 Å². The Labute approximate surface area is 174 Å². The molecule has 152 valence electrons. The van der Waals surface area contributed by atoms with E-state index in [1.807, 2.05) is 24.4 Å². The third kappa shape index (κ3) is 3.37. The normalized spacial score (nSPS) is 15.3. The predicted octanol–water partition coefficient (Wildman–Crippen LogP) is 3.87. The van der Waals surface area contributed by atoms with E-state index in [9.17, 15) is 0 Å². The number of hydrogen-bond donors (Lipinski definition) is 1. The molecule has 0 amide bonds. The molecule has 0 bridgehead atoms. The Balaban J connectivity index is 1.61. The van der Waals surface area contributed by atoms with Crippen molar-refractivity contribution in [3.05, 3.63) is 72.2 Å². The summed E-state index contributed by atoms with van der Waals surface area (Å²) in [5, 5.41) is 4.46. The Kier molecular flexibility index (Phi) is 4.78. The van der Waals surface area contributed by atoms with Gasteiger partial charge in [0.15, 0.2) is 5.82 Å². The standard InChI is InChI=1S/C23H23N5O2/c1-29-30-15-20-25-22-26-21(17-8-10-18(11-9-17)23(24)12-5-13-23)19(14-28(22)27-20)16-6-3-2-4-7-16/h2-4,6-11,14H,5,12-13,15,24H2,1H3. The van der Waals surface area contributed by atoms with E-state index in [1.54, 1.807) is 4.52 Å². The average Bonchev–Trinajstić information content (AvgIpc) is 3.18. The zero-order valence-electron chi connectivity index (χ0n) is 16.8. The van der Waals surface area contributed by atoms with Gasteiger partial charge in [-0.25, -0.2) is 19.3 Å². The van der Waals surface area contributed by atoms with Crippen molar-refractivity contribution in [1.29, 1.82) is 0 Å². The van der Waals surface area contributed by atoms with Gasteiger partial charge in [-0.05, 0) is 30.4 Å². The number of hydrogen-bond acceptors (Lipinski definition) is 6. The van der Waals surface area contributed by atoms with E-state index in [1.165, 1.54) is 19.1 Å². The Morgan fingerprint density at radius 3 is 2.43 bits per heavy atom. The van der Waals surface area contributed by atoms with Gasteiger partial charge in [0.05, 0.1) is 12.8 Å². The van der Waals surface area contributed by atoms with E-state index in [2.05, 4.69) is 51.4 Å². The van der Waals surface area contributed by atoms with E-state index >= 15 is 0 Å². The highest BCUT2D eigenvalue weighted by Gasteiger charge is 2.34. The molecule has 2 N–H and O–H groups in total. The third-order valence-electron chi connectivity index (χ3n) is 5.75. The molecule has 1 saturated carbocycles. The minimum atomic E-state index is -0.179. The molecule has 0 unspecified atom stereocenters. The van der Waals surface area contributed by atoms with E-state index in [4.69, 9.17) is 15.6 Å². The lowest BCUT2D eigenvalue weighted by atomic mass is 9.72. The molecule has 7 heteroatoms. The molecule has 2 aromatic carbocycles. The maximum absolute atomic E-state index is 6.49. The maximum atomic E-state index is 6.49. The van der Waals surface area contributed by atoms with E-state index in [0.717, 1.165) is 35.2 Å². The van der Waals surface area contributed by atoms with Crippen LogP contribution in [-0.4, -0.2) is 26.7 Å². The lowest BCUT2D eigenvalue weighted by Crippen LogP contribution is -2.43. The third-order valence-corrected chi connectivity index (χ3v) is 5.75. The molecule has 1 fully saturated rings. The second-order valence-electron chi connectivity index (χ2n) is 7.66. The molecule has 1 aliphatic rings. The van der Waals surface area contributed by atoms with Gasteiger partial charge in [-0.1, -0.05) is 54.6 Å². The zero-order chi connectivity index (χ0) is 20.6.